The van der Waals surface area contributed by atoms with Crippen LogP contribution in [0.5, 0.6) is 0 Å². The van der Waals surface area contributed by atoms with Crippen molar-refractivity contribution in [1.82, 2.24) is 5.32 Å². The molecule has 0 aromatic rings. The number of carbonyl (C=O) groups excluding carboxylic acids is 1. The molecule has 0 fully saturated rings. The van der Waals surface area contributed by atoms with E-state index in [-0.39, 0.29) is 29.2 Å². The molecule has 3 N–H and O–H groups in total. The molecule has 0 spiro atoms. The van der Waals surface area contributed by atoms with E-state index in [4.69, 9.17) is 5.73 Å². The lowest BCUT2D eigenvalue weighted by Gasteiger charge is -2.02. The number of rotatable bonds is 6. The van der Waals surface area contributed by atoms with Crippen molar-refractivity contribution in [1.29, 1.82) is 0 Å². The second-order valence-electron chi connectivity index (χ2n) is 2.04. The molecule has 0 aliphatic rings. The molecule has 12 heavy (non-hydrogen) atoms. The summed E-state index contributed by atoms with van der Waals surface area (Å²) in [5.41, 5.74) is 4.34. The van der Waals surface area contributed by atoms with E-state index in [2.05, 4.69) is 5.32 Å². The van der Waals surface area contributed by atoms with E-state index >= 15 is 0 Å². The van der Waals surface area contributed by atoms with Crippen molar-refractivity contribution >= 4 is 22.8 Å². The fourth-order valence-corrected chi connectivity index (χ4v) is 1.10. The number of hydrogen-bond donors (Lipinski definition) is 2. The highest BCUT2D eigenvalue weighted by Gasteiger charge is 2.10. The van der Waals surface area contributed by atoms with E-state index in [0.717, 1.165) is 0 Å². The molecule has 0 aromatic carbocycles. The molecular weight excluding hydrogens is 198 g/mol. The van der Waals surface area contributed by atoms with Gasteiger partial charge in [0.2, 0.25) is 5.91 Å². The summed E-state index contributed by atoms with van der Waals surface area (Å²) in [6.07, 6.45) is 0.849. The van der Waals surface area contributed by atoms with Crippen LogP contribution in [0.3, 0.4) is 0 Å². The van der Waals surface area contributed by atoms with E-state index in [1.165, 1.54) is 0 Å². The van der Waals surface area contributed by atoms with Crippen molar-refractivity contribution < 1.29 is 13.9 Å². The Bertz CT molecular complexity index is 168. The first-order chi connectivity index (χ1) is 5.74. The molecule has 0 heterocycles. The Hall–Kier alpha value is -0.370. The average molecular weight is 208 g/mol. The quantitative estimate of drug-likeness (QED) is 0.629. The predicted octanol–water partition coefficient (Wildman–Crippen LogP) is 0.709. The Labute approximate surface area is 73.5 Å². The number of nitrogens with one attached hydrogen (secondary N) is 1. The maximum Gasteiger partial charge on any atom is 0.221 e. The molecule has 0 aromatic heterocycles. The lowest BCUT2D eigenvalue weighted by Crippen LogP contribution is -2.27. The Morgan fingerprint density at radius 3 is 2.42 bits per heavy atom. The lowest BCUT2D eigenvalue weighted by atomic mass is 10.3. The zero-order chi connectivity index (χ0) is 9.40. The van der Waals surface area contributed by atoms with Gasteiger partial charge in [-0.15, -0.1) is 0 Å². The molecule has 0 radical (unpaired) electrons. The molecule has 0 aliphatic carbocycles. The molecule has 0 atom stereocenters. The summed E-state index contributed by atoms with van der Waals surface area (Å²) in [6.45, 7) is 0.433. The van der Waals surface area contributed by atoms with Gasteiger partial charge in [0.05, 0.1) is 0 Å². The first-order valence-corrected chi connectivity index (χ1v) is 5.15. The van der Waals surface area contributed by atoms with E-state index in [9.17, 15) is 13.9 Å². The lowest BCUT2D eigenvalue weighted by molar-refractivity contribution is -0.121. The second-order valence-corrected chi connectivity index (χ2v) is 3.91. The van der Waals surface area contributed by atoms with E-state index < -0.39 is 5.52 Å². The molecular formula is C5H10N2O3P2. The van der Waals surface area contributed by atoms with Crippen LogP contribution in [0.4, 0.5) is 0 Å². The number of hydrogen-bond acceptors (Lipinski definition) is 4. The zero-order valence-electron chi connectivity index (χ0n) is 6.40. The molecule has 0 bridgehead atoms. The highest BCUT2D eigenvalue weighted by molar-refractivity contribution is 7.44. The Morgan fingerprint density at radius 1 is 1.42 bits per heavy atom. The minimum atomic E-state index is -0.824. The van der Waals surface area contributed by atoms with Crippen molar-refractivity contribution in [2.24, 2.45) is 5.73 Å². The largest absolute Gasteiger partial charge is 0.333 e. The van der Waals surface area contributed by atoms with Crippen LogP contribution in [0.25, 0.3) is 0 Å². The van der Waals surface area contributed by atoms with Gasteiger partial charge in [-0.25, -0.2) is 0 Å². The fourth-order valence-electron chi connectivity index (χ4n) is 0.551. The third-order valence-corrected chi connectivity index (χ3v) is 2.32. The van der Waals surface area contributed by atoms with Crippen molar-refractivity contribution in [2.75, 3.05) is 6.54 Å². The van der Waals surface area contributed by atoms with Gasteiger partial charge in [0.15, 0.2) is 22.4 Å². The number of carbonyl (C=O) groups is 1. The molecule has 68 valence electrons. The molecule has 1 amide bonds. The van der Waals surface area contributed by atoms with Crippen molar-refractivity contribution in [2.45, 2.75) is 18.4 Å². The van der Waals surface area contributed by atoms with Crippen LogP contribution in [-0.4, -0.2) is 18.0 Å². The third-order valence-electron chi connectivity index (χ3n) is 1.10. The Balaban J connectivity index is 3.66. The molecule has 0 aliphatic heterocycles. The first kappa shape index (κ1) is 11.6. The summed E-state index contributed by atoms with van der Waals surface area (Å²) < 4.78 is 20.4. The van der Waals surface area contributed by atoms with Gasteiger partial charge in [-0.1, -0.05) is 0 Å². The minimum absolute atomic E-state index is 0.276. The van der Waals surface area contributed by atoms with Crippen molar-refractivity contribution in [3.05, 3.63) is 0 Å². The Kier molecular flexibility index (Phi) is 7.06. The van der Waals surface area contributed by atoms with Gasteiger partial charge in [0, 0.05) is 6.42 Å². The first-order valence-electron chi connectivity index (χ1n) is 3.39. The summed E-state index contributed by atoms with van der Waals surface area (Å²) >= 11 is 0. The van der Waals surface area contributed by atoms with Gasteiger partial charge in [0.25, 0.3) is 0 Å². The van der Waals surface area contributed by atoms with Gasteiger partial charge in [-0.2, -0.15) is 0 Å². The molecule has 0 unspecified atom stereocenters. The van der Waals surface area contributed by atoms with Crippen LogP contribution in [0.2, 0.25) is 0 Å². The minimum Gasteiger partial charge on any atom is -0.333 e. The zero-order valence-corrected chi connectivity index (χ0v) is 8.18. The summed E-state index contributed by atoms with van der Waals surface area (Å²) in [5.74, 6) is -0.280. The van der Waals surface area contributed by atoms with Gasteiger partial charge in [-0.05, 0) is 13.0 Å². The van der Waals surface area contributed by atoms with Crippen LogP contribution >= 0.6 is 16.9 Å². The highest BCUT2D eigenvalue weighted by atomic mass is 31.1. The highest BCUT2D eigenvalue weighted by Crippen LogP contribution is 2.15. The van der Waals surface area contributed by atoms with Crippen molar-refractivity contribution in [3.8, 4) is 0 Å². The topological polar surface area (TPSA) is 89.3 Å². The van der Waals surface area contributed by atoms with E-state index in [0.29, 0.717) is 13.0 Å². The van der Waals surface area contributed by atoms with Crippen LogP contribution in [-0.2, 0) is 13.9 Å². The Morgan fingerprint density at radius 2 is 2.00 bits per heavy atom. The molecule has 0 saturated heterocycles. The maximum absolute atomic E-state index is 10.9. The van der Waals surface area contributed by atoms with Crippen LogP contribution in [0.15, 0.2) is 0 Å². The third kappa shape index (κ3) is 5.30. The van der Waals surface area contributed by atoms with Crippen molar-refractivity contribution in [3.63, 3.8) is 0 Å². The summed E-state index contributed by atoms with van der Waals surface area (Å²) in [4.78, 5) is 10.9. The number of nitrogens with two attached hydrogens (primary N) is 1. The average Bonchev–Trinajstić information content (AvgIpc) is 2.10. The maximum atomic E-state index is 10.9. The standard InChI is InChI=1S/C5H10N2O3P2/c6-3-1-2-4(8)7-5(11-9)12-10/h5H,1-3,6H2,(H,7,8). The van der Waals surface area contributed by atoms with E-state index in [1.807, 2.05) is 0 Å². The smallest absolute Gasteiger partial charge is 0.221 e. The molecule has 5 nitrogen and oxygen atoms in total. The number of amides is 1. The SMILES string of the molecule is NCCCC(=O)NC(P=O)P=O. The summed E-state index contributed by atoms with van der Waals surface area (Å²) in [5, 5.41) is 2.31. The molecule has 7 heteroatoms. The fraction of sp³-hybridized carbons (Fsp3) is 0.800. The van der Waals surface area contributed by atoms with Crippen LogP contribution in [0.1, 0.15) is 12.8 Å². The second kappa shape index (κ2) is 7.29. The van der Waals surface area contributed by atoms with Gasteiger partial charge in [0.1, 0.15) is 0 Å². The van der Waals surface area contributed by atoms with E-state index in [1.54, 1.807) is 0 Å². The van der Waals surface area contributed by atoms with Crippen LogP contribution < -0.4 is 11.1 Å². The normalized spacial score (nSPS) is 13.1. The predicted molar refractivity (Wildman–Crippen MR) is 45.4 cm³/mol. The molecule has 0 saturated carbocycles. The molecule has 0 rings (SSSR count). The monoisotopic (exact) mass is 208 g/mol. The van der Waals surface area contributed by atoms with Gasteiger partial charge in [-0.3, -0.25) is 13.9 Å². The summed E-state index contributed by atoms with van der Waals surface area (Å²) in [6, 6.07) is 0. The van der Waals surface area contributed by atoms with Gasteiger partial charge < -0.3 is 11.1 Å². The van der Waals surface area contributed by atoms with Gasteiger partial charge >= 0.3 is 0 Å². The summed E-state index contributed by atoms with van der Waals surface area (Å²) in [7, 11) is -0.698. The van der Waals surface area contributed by atoms with Crippen LogP contribution in [0, 0.1) is 0 Å².